The predicted octanol–water partition coefficient (Wildman–Crippen LogP) is 4.24. The monoisotopic (exact) mass is 611 g/mol. The Morgan fingerprint density at radius 2 is 1.37 bits per heavy atom. The van der Waals surface area contributed by atoms with Crippen molar-refractivity contribution in [3.8, 4) is 5.75 Å². The Hall–Kier alpha value is -6.50. The number of nitro groups is 3. The van der Waals surface area contributed by atoms with Crippen LogP contribution in [0.1, 0.15) is 31.6 Å². The second kappa shape index (κ2) is 14.8. The van der Waals surface area contributed by atoms with Gasteiger partial charge in [-0.2, -0.15) is 10.2 Å². The first-order chi connectivity index (χ1) is 20.5. The number of phenols is 1. The maximum absolute atomic E-state index is 11.6. The number of phenolic OH excluding ortho intramolecular Hbond substituents is 1. The van der Waals surface area contributed by atoms with Crippen molar-refractivity contribution in [3.63, 3.8) is 0 Å². The molecular formula is C24H17N7O11S. The van der Waals surface area contributed by atoms with Gasteiger partial charge in [0.25, 0.3) is 11.8 Å². The van der Waals surface area contributed by atoms with E-state index in [9.17, 15) is 39.9 Å². The number of hydrogen-bond acceptors (Lipinski definition) is 14. The van der Waals surface area contributed by atoms with Crippen LogP contribution < -0.4 is 10.9 Å². The number of hydrogen-bond donors (Lipinski definition) is 3. The number of benzene rings is 1. The average Bonchev–Trinajstić information content (AvgIpc) is 3.75. The summed E-state index contributed by atoms with van der Waals surface area (Å²) in [7, 11) is 0. The van der Waals surface area contributed by atoms with Crippen LogP contribution in [0, 0.1) is 30.3 Å². The fraction of sp³-hybridized carbons (Fsp3) is 0. The van der Waals surface area contributed by atoms with Crippen molar-refractivity contribution in [1.29, 1.82) is 0 Å². The highest BCUT2D eigenvalue weighted by Gasteiger charge is 2.15. The maximum Gasteiger partial charge on any atom is 0.433 e. The molecule has 0 aliphatic carbocycles. The molecule has 0 bridgehead atoms. The smallest absolute Gasteiger partial charge is 0.433 e. The van der Waals surface area contributed by atoms with Crippen LogP contribution in [0.3, 0.4) is 0 Å². The van der Waals surface area contributed by atoms with Crippen molar-refractivity contribution in [2.45, 2.75) is 0 Å². The Morgan fingerprint density at radius 3 is 1.95 bits per heavy atom. The number of nitrogens with one attached hydrogen (secondary N) is 2. The molecule has 4 rings (SSSR count). The number of amides is 2. The van der Waals surface area contributed by atoms with Gasteiger partial charge in [0, 0.05) is 17.8 Å². The summed E-state index contributed by atoms with van der Waals surface area (Å²) < 4.78 is 9.69. The van der Waals surface area contributed by atoms with Gasteiger partial charge in [-0.3, -0.25) is 39.9 Å². The largest absolute Gasteiger partial charge is 0.508 e. The summed E-state index contributed by atoms with van der Waals surface area (Å²) in [5.41, 5.74) is 4.72. The molecule has 18 nitrogen and oxygen atoms in total. The van der Waals surface area contributed by atoms with E-state index in [1.54, 1.807) is 0 Å². The molecule has 43 heavy (non-hydrogen) atoms. The van der Waals surface area contributed by atoms with Gasteiger partial charge >= 0.3 is 16.8 Å². The number of carbonyl (C=O) groups excluding carboxylic acids is 2. The molecule has 3 heterocycles. The average molecular weight is 612 g/mol. The summed E-state index contributed by atoms with van der Waals surface area (Å²) in [6.45, 7) is 0. The molecule has 2 amide bonds. The molecule has 4 aromatic rings. The molecule has 0 spiro atoms. The summed E-state index contributed by atoms with van der Waals surface area (Å²) in [5.74, 6) is -1.41. The fourth-order valence-electron chi connectivity index (χ4n) is 2.75. The third kappa shape index (κ3) is 9.58. The van der Waals surface area contributed by atoms with E-state index < -0.39 is 32.5 Å². The number of thiophene rings is 1. The number of aromatic hydroxyl groups is 1. The first-order valence-corrected chi connectivity index (χ1v) is 12.2. The van der Waals surface area contributed by atoms with Crippen LogP contribution >= 0.6 is 11.3 Å². The quantitative estimate of drug-likeness (QED) is 0.130. The van der Waals surface area contributed by atoms with Crippen LogP contribution in [-0.2, 0) is 0 Å². The molecule has 0 saturated carbocycles. The third-order valence-electron chi connectivity index (χ3n) is 4.66. The van der Waals surface area contributed by atoms with Crippen LogP contribution in [0.4, 0.5) is 16.8 Å². The second-order valence-electron chi connectivity index (χ2n) is 7.59. The molecule has 1 aromatic carbocycles. The van der Waals surface area contributed by atoms with Gasteiger partial charge in [0.1, 0.15) is 26.2 Å². The van der Waals surface area contributed by atoms with Gasteiger partial charge in [0.05, 0.1) is 23.3 Å². The first kappa shape index (κ1) is 31.0. The Bertz CT molecular complexity index is 1720. The molecule has 0 fully saturated rings. The van der Waals surface area contributed by atoms with Crippen LogP contribution in [0.25, 0.3) is 6.08 Å². The zero-order valence-corrected chi connectivity index (χ0v) is 22.1. The predicted molar refractivity (Wildman–Crippen MR) is 150 cm³/mol. The molecule has 0 unspecified atom stereocenters. The van der Waals surface area contributed by atoms with Gasteiger partial charge < -0.3 is 13.9 Å². The van der Waals surface area contributed by atoms with Crippen molar-refractivity contribution in [2.75, 3.05) is 0 Å². The van der Waals surface area contributed by atoms with E-state index in [4.69, 9.17) is 13.9 Å². The number of hydrazone groups is 2. The SMILES string of the molecule is O=C(N/N=C/C=C/c1ccc([N+](=O)[O-])o1)c1ccc([N+](=O)[O-])s1.O=C(N/N=C/c1ccc([N+](=O)[O-])o1)c1ccc(O)cc1. The number of carbonyl (C=O) groups is 2. The van der Waals surface area contributed by atoms with Gasteiger partial charge in [-0.1, -0.05) is 11.3 Å². The number of rotatable bonds is 10. The third-order valence-corrected chi connectivity index (χ3v) is 5.69. The molecule has 220 valence electrons. The van der Waals surface area contributed by atoms with E-state index in [0.717, 1.165) is 17.6 Å². The lowest BCUT2D eigenvalue weighted by Crippen LogP contribution is -2.17. The Balaban J connectivity index is 0.000000238. The van der Waals surface area contributed by atoms with Crippen LogP contribution in [0.15, 0.2) is 85.8 Å². The summed E-state index contributed by atoms with van der Waals surface area (Å²) in [4.78, 5) is 52.8. The van der Waals surface area contributed by atoms with Crippen LogP contribution in [0.2, 0.25) is 0 Å². The van der Waals surface area contributed by atoms with Crippen LogP contribution in [0.5, 0.6) is 5.75 Å². The molecule has 19 heteroatoms. The minimum absolute atomic E-state index is 0.0490. The van der Waals surface area contributed by atoms with Gasteiger partial charge in [0.2, 0.25) is 0 Å². The van der Waals surface area contributed by atoms with Crippen molar-refractivity contribution in [1.82, 2.24) is 10.9 Å². The molecule has 3 aromatic heterocycles. The van der Waals surface area contributed by atoms with E-state index in [0.29, 0.717) is 5.56 Å². The molecule has 0 aliphatic heterocycles. The van der Waals surface area contributed by atoms with E-state index in [-0.39, 0.29) is 33.0 Å². The van der Waals surface area contributed by atoms with E-state index >= 15 is 0 Å². The Labute approximate surface area is 242 Å². The molecule has 0 atom stereocenters. The topological polar surface area (TPSA) is 259 Å². The summed E-state index contributed by atoms with van der Waals surface area (Å²) in [6, 6.07) is 13.3. The van der Waals surface area contributed by atoms with E-state index in [1.807, 2.05) is 0 Å². The number of allylic oxidation sites excluding steroid dienone is 1. The normalized spacial score (nSPS) is 10.9. The first-order valence-electron chi connectivity index (χ1n) is 11.4. The lowest BCUT2D eigenvalue weighted by atomic mass is 10.2. The minimum Gasteiger partial charge on any atom is -0.508 e. The summed E-state index contributed by atoms with van der Waals surface area (Å²) in [5, 5.41) is 47.5. The zero-order chi connectivity index (χ0) is 31.4. The number of furan rings is 2. The van der Waals surface area contributed by atoms with Crippen molar-refractivity contribution >= 4 is 58.4 Å². The summed E-state index contributed by atoms with van der Waals surface area (Å²) >= 11 is 0.733. The minimum atomic E-state index is -0.674. The fourth-order valence-corrected chi connectivity index (χ4v) is 3.46. The van der Waals surface area contributed by atoms with E-state index in [2.05, 4.69) is 21.1 Å². The van der Waals surface area contributed by atoms with Crippen molar-refractivity contribution < 1.29 is 38.3 Å². The number of nitrogens with zero attached hydrogens (tertiary/aromatic N) is 5. The molecule has 3 N–H and O–H groups in total. The molecule has 0 aliphatic rings. The van der Waals surface area contributed by atoms with Crippen molar-refractivity contribution in [2.24, 2.45) is 10.2 Å². The highest BCUT2D eigenvalue weighted by molar-refractivity contribution is 7.17. The standard InChI is InChI=1S/C12H8N4O6S.C12H9N3O5/c17-12(9-4-6-11(23-9)16(20)21)14-13-7-1-2-8-3-5-10(22-8)15(18)19;16-9-3-1-8(2-4-9)12(17)14-13-7-10-5-6-11(20-10)15(18)19/h1-7H,(H,14,17);1-7,16H,(H,14,17)/b2-1+,13-7+;13-7+. The summed E-state index contributed by atoms with van der Waals surface area (Å²) in [6.07, 6.45) is 5.19. The van der Waals surface area contributed by atoms with E-state index in [1.165, 1.54) is 79.0 Å². The van der Waals surface area contributed by atoms with Gasteiger partial charge in [-0.25, -0.2) is 10.9 Å². The van der Waals surface area contributed by atoms with Gasteiger partial charge in [-0.15, -0.1) is 0 Å². The lowest BCUT2D eigenvalue weighted by Gasteiger charge is -1.99. The zero-order valence-electron chi connectivity index (χ0n) is 21.3. The molecular weight excluding hydrogens is 594 g/mol. The van der Waals surface area contributed by atoms with Crippen LogP contribution in [-0.4, -0.2) is 44.1 Å². The maximum atomic E-state index is 11.6. The van der Waals surface area contributed by atoms with Gasteiger partial charge in [0.15, 0.2) is 5.76 Å². The molecule has 0 radical (unpaired) electrons. The Kier molecular flexibility index (Phi) is 10.7. The second-order valence-corrected chi connectivity index (χ2v) is 8.65. The van der Waals surface area contributed by atoms with Crippen molar-refractivity contribution in [3.05, 3.63) is 119 Å². The Morgan fingerprint density at radius 1 is 0.767 bits per heavy atom. The highest BCUT2D eigenvalue weighted by atomic mass is 32.1. The highest BCUT2D eigenvalue weighted by Crippen LogP contribution is 2.23. The molecule has 0 saturated heterocycles. The van der Waals surface area contributed by atoms with Gasteiger partial charge in [-0.05, 0) is 54.6 Å². The lowest BCUT2D eigenvalue weighted by molar-refractivity contribution is -0.402.